The van der Waals surface area contributed by atoms with Gasteiger partial charge in [-0.3, -0.25) is 5.32 Å². The molecule has 1 saturated carbocycles. The van der Waals surface area contributed by atoms with Gasteiger partial charge in [-0.15, -0.1) is 0 Å². The molecule has 1 amide bonds. The molecular formula is C16H19BrN2O2. The number of ether oxygens (including phenoxy) is 1. The molecule has 0 radical (unpaired) electrons. The Balaban J connectivity index is 2.28. The molecule has 2 rings (SSSR count). The fourth-order valence-corrected chi connectivity index (χ4v) is 2.55. The van der Waals surface area contributed by atoms with Gasteiger partial charge in [-0.2, -0.15) is 5.26 Å². The van der Waals surface area contributed by atoms with E-state index in [9.17, 15) is 10.1 Å². The number of amides is 1. The Kier molecular flexibility index (Phi) is 4.29. The number of carbonyl (C=O) groups excluding carboxylic acids is 1. The molecule has 1 N–H and O–H groups in total. The van der Waals surface area contributed by atoms with Crippen molar-refractivity contribution in [1.82, 2.24) is 5.32 Å². The van der Waals surface area contributed by atoms with E-state index in [1.807, 2.05) is 24.3 Å². The molecule has 1 aromatic rings. The molecule has 1 fully saturated rings. The molecule has 112 valence electrons. The molecule has 21 heavy (non-hydrogen) atoms. The summed E-state index contributed by atoms with van der Waals surface area (Å²) >= 11 is 3.38. The molecule has 4 nitrogen and oxygen atoms in total. The van der Waals surface area contributed by atoms with Crippen LogP contribution >= 0.6 is 15.9 Å². The van der Waals surface area contributed by atoms with E-state index in [2.05, 4.69) is 27.3 Å². The largest absolute Gasteiger partial charge is 0.444 e. The SMILES string of the molecule is CC(C)(C)OC(=O)NC(C#N)(c1ccc(Br)cc1)C1CC1. The van der Waals surface area contributed by atoms with E-state index < -0.39 is 17.2 Å². The molecule has 1 aromatic carbocycles. The summed E-state index contributed by atoms with van der Waals surface area (Å²) in [5, 5.41) is 12.5. The number of carbonyl (C=O) groups is 1. The first-order chi connectivity index (χ1) is 9.77. The lowest BCUT2D eigenvalue weighted by molar-refractivity contribution is 0.0467. The molecule has 5 heteroatoms. The third-order valence-corrected chi connectivity index (χ3v) is 3.89. The minimum atomic E-state index is -1.01. The van der Waals surface area contributed by atoms with Crippen LogP contribution in [-0.2, 0) is 10.3 Å². The lowest BCUT2D eigenvalue weighted by Gasteiger charge is -2.30. The minimum Gasteiger partial charge on any atom is -0.444 e. The molecular weight excluding hydrogens is 332 g/mol. The van der Waals surface area contributed by atoms with Gasteiger partial charge in [0.1, 0.15) is 5.60 Å². The zero-order valence-electron chi connectivity index (χ0n) is 12.4. The summed E-state index contributed by atoms with van der Waals surface area (Å²) < 4.78 is 6.24. The lowest BCUT2D eigenvalue weighted by atomic mass is 9.86. The van der Waals surface area contributed by atoms with Crippen LogP contribution in [0, 0.1) is 17.2 Å². The molecule has 1 atom stereocenters. The zero-order chi connectivity index (χ0) is 15.7. The summed E-state index contributed by atoms with van der Waals surface area (Å²) in [4.78, 5) is 12.1. The maximum atomic E-state index is 12.1. The predicted octanol–water partition coefficient (Wildman–Crippen LogP) is 4.10. The summed E-state index contributed by atoms with van der Waals surface area (Å²) in [6.45, 7) is 5.41. The maximum absolute atomic E-state index is 12.1. The Bertz CT molecular complexity index is 567. The molecule has 1 aliphatic carbocycles. The predicted molar refractivity (Wildman–Crippen MR) is 83.5 cm³/mol. The molecule has 0 aromatic heterocycles. The Morgan fingerprint density at radius 1 is 1.33 bits per heavy atom. The van der Waals surface area contributed by atoms with Gasteiger partial charge in [-0.25, -0.2) is 4.79 Å². The number of hydrogen-bond donors (Lipinski definition) is 1. The highest BCUT2D eigenvalue weighted by Gasteiger charge is 2.49. The van der Waals surface area contributed by atoms with E-state index in [-0.39, 0.29) is 5.92 Å². The highest BCUT2D eigenvalue weighted by atomic mass is 79.9. The van der Waals surface area contributed by atoms with Gasteiger partial charge in [0, 0.05) is 4.47 Å². The Morgan fingerprint density at radius 3 is 2.33 bits per heavy atom. The summed E-state index contributed by atoms with van der Waals surface area (Å²) in [6, 6.07) is 9.78. The topological polar surface area (TPSA) is 62.1 Å². The number of alkyl carbamates (subject to hydrolysis) is 1. The highest BCUT2D eigenvalue weighted by molar-refractivity contribution is 9.10. The van der Waals surface area contributed by atoms with Crippen LogP contribution in [0.3, 0.4) is 0 Å². The monoisotopic (exact) mass is 350 g/mol. The number of hydrogen-bond acceptors (Lipinski definition) is 3. The first-order valence-electron chi connectivity index (χ1n) is 6.95. The van der Waals surface area contributed by atoms with E-state index in [4.69, 9.17) is 4.74 Å². The van der Waals surface area contributed by atoms with Gasteiger partial charge in [0.05, 0.1) is 6.07 Å². The van der Waals surface area contributed by atoms with Crippen molar-refractivity contribution in [1.29, 1.82) is 5.26 Å². The van der Waals surface area contributed by atoms with Gasteiger partial charge in [0.25, 0.3) is 0 Å². The third kappa shape index (κ3) is 3.76. The van der Waals surface area contributed by atoms with Crippen LogP contribution in [0.2, 0.25) is 0 Å². The van der Waals surface area contributed by atoms with Gasteiger partial charge in [0.2, 0.25) is 0 Å². The highest BCUT2D eigenvalue weighted by Crippen LogP contribution is 2.45. The van der Waals surface area contributed by atoms with Crippen molar-refractivity contribution in [2.75, 3.05) is 0 Å². The normalized spacial score (nSPS) is 17.5. The van der Waals surface area contributed by atoms with Crippen molar-refractivity contribution < 1.29 is 9.53 Å². The number of nitrogens with zero attached hydrogens (tertiary/aromatic N) is 1. The average Bonchev–Trinajstić information content (AvgIpc) is 3.19. The van der Waals surface area contributed by atoms with Gasteiger partial charge >= 0.3 is 6.09 Å². The standard InChI is InChI=1S/C16H19BrN2O2/c1-15(2,3)21-14(20)19-16(10-18,11-4-5-11)12-6-8-13(17)9-7-12/h6-9,11H,4-5H2,1-3H3,(H,19,20). The molecule has 0 bridgehead atoms. The van der Waals surface area contributed by atoms with Gasteiger partial charge in [-0.05, 0) is 57.2 Å². The van der Waals surface area contributed by atoms with E-state index in [1.165, 1.54) is 0 Å². The third-order valence-electron chi connectivity index (χ3n) is 3.36. The number of rotatable bonds is 3. The molecule has 0 saturated heterocycles. The van der Waals surface area contributed by atoms with Crippen molar-refractivity contribution in [2.24, 2.45) is 5.92 Å². The second-order valence-electron chi connectivity index (χ2n) is 6.33. The van der Waals surface area contributed by atoms with Crippen molar-refractivity contribution in [3.63, 3.8) is 0 Å². The summed E-state index contributed by atoms with van der Waals surface area (Å²) in [5.74, 6) is 0.135. The fraction of sp³-hybridized carbons (Fsp3) is 0.500. The van der Waals surface area contributed by atoms with E-state index in [1.54, 1.807) is 20.8 Å². The lowest BCUT2D eigenvalue weighted by Crippen LogP contribution is -2.48. The smallest absolute Gasteiger partial charge is 0.409 e. The number of nitriles is 1. The van der Waals surface area contributed by atoms with E-state index in [0.717, 1.165) is 22.9 Å². The molecule has 1 unspecified atom stereocenters. The minimum absolute atomic E-state index is 0.135. The van der Waals surface area contributed by atoms with Crippen molar-refractivity contribution in [3.05, 3.63) is 34.3 Å². The Labute approximate surface area is 133 Å². The fourth-order valence-electron chi connectivity index (χ4n) is 2.29. The van der Waals surface area contributed by atoms with Crippen LogP contribution in [-0.4, -0.2) is 11.7 Å². The van der Waals surface area contributed by atoms with Crippen LogP contribution in [0.25, 0.3) is 0 Å². The quantitative estimate of drug-likeness (QED) is 0.892. The van der Waals surface area contributed by atoms with Crippen LogP contribution in [0.4, 0.5) is 4.79 Å². The Morgan fingerprint density at radius 2 is 1.90 bits per heavy atom. The average molecular weight is 351 g/mol. The number of benzene rings is 1. The molecule has 1 aliphatic rings. The first kappa shape index (κ1) is 15.8. The van der Waals surface area contributed by atoms with Gasteiger partial charge in [0.15, 0.2) is 5.54 Å². The second kappa shape index (κ2) is 5.69. The van der Waals surface area contributed by atoms with Crippen LogP contribution in [0.15, 0.2) is 28.7 Å². The second-order valence-corrected chi connectivity index (χ2v) is 7.24. The van der Waals surface area contributed by atoms with Crippen LogP contribution < -0.4 is 5.32 Å². The number of nitrogens with one attached hydrogen (secondary N) is 1. The summed E-state index contributed by atoms with van der Waals surface area (Å²) in [6.07, 6.45) is 1.30. The van der Waals surface area contributed by atoms with E-state index >= 15 is 0 Å². The summed E-state index contributed by atoms with van der Waals surface area (Å²) in [5.41, 5.74) is -0.807. The summed E-state index contributed by atoms with van der Waals surface area (Å²) in [7, 11) is 0. The van der Waals surface area contributed by atoms with Crippen molar-refractivity contribution >= 4 is 22.0 Å². The van der Waals surface area contributed by atoms with E-state index in [0.29, 0.717) is 0 Å². The molecule has 0 aliphatic heterocycles. The Hall–Kier alpha value is -1.54. The van der Waals surface area contributed by atoms with Crippen LogP contribution in [0.1, 0.15) is 39.2 Å². The molecule has 0 spiro atoms. The first-order valence-corrected chi connectivity index (χ1v) is 7.74. The maximum Gasteiger partial charge on any atom is 0.409 e. The van der Waals surface area contributed by atoms with Gasteiger partial charge in [-0.1, -0.05) is 28.1 Å². The van der Waals surface area contributed by atoms with Crippen molar-refractivity contribution in [3.8, 4) is 6.07 Å². The zero-order valence-corrected chi connectivity index (χ0v) is 14.0. The van der Waals surface area contributed by atoms with Crippen molar-refractivity contribution in [2.45, 2.75) is 44.8 Å². The molecule has 0 heterocycles. The number of halogens is 1. The van der Waals surface area contributed by atoms with Crippen LogP contribution in [0.5, 0.6) is 0 Å². The van der Waals surface area contributed by atoms with Gasteiger partial charge < -0.3 is 4.74 Å².